The number of rotatable bonds is 2. The third kappa shape index (κ3) is 2.97. The van der Waals surface area contributed by atoms with E-state index in [1.165, 1.54) is 24.6 Å². The number of fused-ring (bicyclic) bond motifs is 2. The van der Waals surface area contributed by atoms with E-state index in [1.807, 2.05) is 6.07 Å². The maximum absolute atomic E-state index is 13.2. The van der Waals surface area contributed by atoms with Gasteiger partial charge in [-0.15, -0.1) is 0 Å². The minimum Gasteiger partial charge on any atom is -0.336 e. The van der Waals surface area contributed by atoms with Crippen molar-refractivity contribution in [2.45, 2.75) is 64.1 Å². The lowest BCUT2D eigenvalue weighted by Gasteiger charge is -2.38. The van der Waals surface area contributed by atoms with E-state index in [9.17, 15) is 4.79 Å². The largest absolute Gasteiger partial charge is 0.336 e. The highest BCUT2D eigenvalue weighted by Gasteiger charge is 2.45. The van der Waals surface area contributed by atoms with Gasteiger partial charge < -0.3 is 14.8 Å². The van der Waals surface area contributed by atoms with Crippen molar-refractivity contribution in [3.05, 3.63) is 36.0 Å². The molecule has 2 aromatic rings. The summed E-state index contributed by atoms with van der Waals surface area (Å²) in [6, 6.07) is 10.8. The number of nitrogens with zero attached hydrogens (tertiary/aromatic N) is 2. The first-order valence-electron chi connectivity index (χ1n) is 9.68. The van der Waals surface area contributed by atoms with Crippen LogP contribution in [0.4, 0.5) is 0 Å². The van der Waals surface area contributed by atoms with Crippen LogP contribution >= 0.6 is 0 Å². The number of hydrogen-bond donors (Lipinski definition) is 1. The second-order valence-electron chi connectivity index (χ2n) is 7.98. The molecule has 1 N–H and O–H groups in total. The van der Waals surface area contributed by atoms with Gasteiger partial charge in [-0.25, -0.2) is 0 Å². The molecular formula is C21H29N3O. The van der Waals surface area contributed by atoms with Crippen molar-refractivity contribution in [3.63, 3.8) is 0 Å². The van der Waals surface area contributed by atoms with Crippen LogP contribution < -0.4 is 5.32 Å². The number of para-hydroxylation sites is 1. The molecule has 3 heterocycles. The highest BCUT2D eigenvalue weighted by molar-refractivity contribution is 5.84. The van der Waals surface area contributed by atoms with Gasteiger partial charge in [-0.2, -0.15) is 0 Å². The predicted molar refractivity (Wildman–Crippen MR) is 102 cm³/mol. The molecule has 1 amide bonds. The van der Waals surface area contributed by atoms with Crippen LogP contribution in [-0.2, 0) is 11.3 Å². The van der Waals surface area contributed by atoms with Gasteiger partial charge in [-0.3, -0.25) is 4.79 Å². The lowest BCUT2D eigenvalue weighted by molar-refractivity contribution is -0.133. The average molecular weight is 339 g/mol. The van der Waals surface area contributed by atoms with E-state index in [4.69, 9.17) is 0 Å². The second-order valence-corrected chi connectivity index (χ2v) is 7.98. The third-order valence-electron chi connectivity index (χ3n) is 6.30. The first kappa shape index (κ1) is 16.6. The summed E-state index contributed by atoms with van der Waals surface area (Å²) in [5.41, 5.74) is 2.41. The Labute approximate surface area is 150 Å². The summed E-state index contributed by atoms with van der Waals surface area (Å²) < 4.78 is 2.17. The Kier molecular flexibility index (Phi) is 4.32. The van der Waals surface area contributed by atoms with E-state index in [2.05, 4.69) is 52.9 Å². The summed E-state index contributed by atoms with van der Waals surface area (Å²) in [7, 11) is 0. The van der Waals surface area contributed by atoms with Gasteiger partial charge in [-0.05, 0) is 57.2 Å². The second kappa shape index (κ2) is 6.49. The van der Waals surface area contributed by atoms with E-state index in [1.54, 1.807) is 0 Å². The molecule has 134 valence electrons. The minimum atomic E-state index is 0.0872. The van der Waals surface area contributed by atoms with Crippen molar-refractivity contribution >= 4 is 16.8 Å². The maximum atomic E-state index is 13.2. The van der Waals surface area contributed by atoms with Crippen molar-refractivity contribution in [2.24, 2.45) is 0 Å². The lowest BCUT2D eigenvalue weighted by Crippen LogP contribution is -2.54. The van der Waals surface area contributed by atoms with Crippen LogP contribution in [0.3, 0.4) is 0 Å². The molecule has 1 aromatic heterocycles. The Bertz CT molecular complexity index is 781. The molecule has 1 aromatic carbocycles. The molecule has 2 atom stereocenters. The van der Waals surface area contributed by atoms with E-state index in [0.717, 1.165) is 37.1 Å². The number of carbonyl (C=O) groups is 1. The molecule has 0 unspecified atom stereocenters. The molecule has 2 aliphatic heterocycles. The zero-order valence-corrected chi connectivity index (χ0v) is 15.4. The van der Waals surface area contributed by atoms with Crippen molar-refractivity contribution in [1.29, 1.82) is 0 Å². The maximum Gasteiger partial charge on any atom is 0.242 e. The standard InChI is InChI=1S/C21H29N3O/c1-16-14-17-8-5-6-9-18(17)24(16)15-20(25)23-13-11-21(2)19(23)10-4-3-7-12-22-21/h5-6,8-9,14,19,22H,3-4,7,10-13,15H2,1-2H3/t19-,21-/m0/s1. The Hall–Kier alpha value is -1.81. The monoisotopic (exact) mass is 339 g/mol. The summed E-state index contributed by atoms with van der Waals surface area (Å²) in [6.07, 6.45) is 5.94. The van der Waals surface area contributed by atoms with Crippen LogP contribution in [0.15, 0.2) is 30.3 Å². The fourth-order valence-corrected chi connectivity index (χ4v) is 4.80. The summed E-state index contributed by atoms with van der Waals surface area (Å²) in [4.78, 5) is 15.3. The van der Waals surface area contributed by atoms with Gasteiger partial charge in [0.05, 0.1) is 0 Å². The number of nitrogens with one attached hydrogen (secondary N) is 1. The molecule has 25 heavy (non-hydrogen) atoms. The topological polar surface area (TPSA) is 37.3 Å². The first-order valence-corrected chi connectivity index (χ1v) is 9.68. The Morgan fingerprint density at radius 3 is 3.00 bits per heavy atom. The molecule has 0 spiro atoms. The number of carbonyl (C=O) groups excluding carboxylic acids is 1. The molecule has 0 aliphatic carbocycles. The first-order chi connectivity index (χ1) is 12.1. The molecule has 2 fully saturated rings. The normalized spacial score (nSPS) is 27.1. The van der Waals surface area contributed by atoms with Crippen molar-refractivity contribution in [3.8, 4) is 0 Å². The predicted octanol–water partition coefficient (Wildman–Crippen LogP) is 3.47. The van der Waals surface area contributed by atoms with Gasteiger partial charge >= 0.3 is 0 Å². The number of aryl methyl sites for hydroxylation is 1. The van der Waals surface area contributed by atoms with Gasteiger partial charge in [0.15, 0.2) is 0 Å². The smallest absolute Gasteiger partial charge is 0.242 e. The molecule has 0 bridgehead atoms. The number of aromatic nitrogens is 1. The Morgan fingerprint density at radius 2 is 2.12 bits per heavy atom. The molecule has 4 nitrogen and oxygen atoms in total. The van der Waals surface area contributed by atoms with Crippen LogP contribution in [0.5, 0.6) is 0 Å². The van der Waals surface area contributed by atoms with Gasteiger partial charge in [0.2, 0.25) is 5.91 Å². The van der Waals surface area contributed by atoms with Crippen molar-refractivity contribution in [2.75, 3.05) is 13.1 Å². The average Bonchev–Trinajstić information content (AvgIpc) is 3.06. The summed E-state index contributed by atoms with van der Waals surface area (Å²) in [6.45, 7) is 6.82. The number of hydrogen-bond acceptors (Lipinski definition) is 2. The Balaban J connectivity index is 1.57. The third-order valence-corrected chi connectivity index (χ3v) is 6.30. The van der Waals surface area contributed by atoms with Gasteiger partial charge in [0, 0.05) is 29.3 Å². The van der Waals surface area contributed by atoms with Crippen LogP contribution in [0, 0.1) is 6.92 Å². The van der Waals surface area contributed by atoms with Crippen LogP contribution in [0.25, 0.3) is 10.9 Å². The van der Waals surface area contributed by atoms with Gasteiger partial charge in [0.1, 0.15) is 6.54 Å². The molecule has 4 heteroatoms. The van der Waals surface area contributed by atoms with Gasteiger partial charge in [0.25, 0.3) is 0 Å². The molecule has 2 aliphatic rings. The quantitative estimate of drug-likeness (QED) is 0.910. The van der Waals surface area contributed by atoms with Crippen LogP contribution in [0.1, 0.15) is 44.7 Å². The van der Waals surface area contributed by atoms with Crippen molar-refractivity contribution in [1.82, 2.24) is 14.8 Å². The summed E-state index contributed by atoms with van der Waals surface area (Å²) >= 11 is 0. The molecule has 2 saturated heterocycles. The number of benzene rings is 1. The molecular weight excluding hydrogens is 310 g/mol. The number of amides is 1. The SMILES string of the molecule is Cc1cc2ccccc2n1CC(=O)N1CC[C@]2(C)NCCCCC[C@H]12. The van der Waals surface area contributed by atoms with E-state index in [-0.39, 0.29) is 11.4 Å². The van der Waals surface area contributed by atoms with Crippen LogP contribution in [-0.4, -0.2) is 40.0 Å². The molecule has 4 rings (SSSR count). The van der Waals surface area contributed by atoms with E-state index >= 15 is 0 Å². The highest BCUT2D eigenvalue weighted by Crippen LogP contribution is 2.34. The van der Waals surface area contributed by atoms with Crippen molar-refractivity contribution < 1.29 is 4.79 Å². The zero-order valence-electron chi connectivity index (χ0n) is 15.4. The highest BCUT2D eigenvalue weighted by atomic mass is 16.2. The lowest BCUT2D eigenvalue weighted by atomic mass is 9.87. The number of likely N-dealkylation sites (tertiary alicyclic amines) is 1. The fourth-order valence-electron chi connectivity index (χ4n) is 4.80. The molecule has 0 radical (unpaired) electrons. The van der Waals surface area contributed by atoms with Gasteiger partial charge in [-0.1, -0.05) is 31.0 Å². The summed E-state index contributed by atoms with van der Waals surface area (Å²) in [5.74, 6) is 0.264. The van der Waals surface area contributed by atoms with E-state index < -0.39 is 0 Å². The minimum absolute atomic E-state index is 0.0872. The molecule has 0 saturated carbocycles. The zero-order chi connectivity index (χ0) is 17.4. The summed E-state index contributed by atoms with van der Waals surface area (Å²) in [5, 5.41) is 4.96. The Morgan fingerprint density at radius 1 is 1.28 bits per heavy atom. The fraction of sp³-hybridized carbons (Fsp3) is 0.571. The van der Waals surface area contributed by atoms with E-state index in [0.29, 0.717) is 12.6 Å². The van der Waals surface area contributed by atoms with Crippen LogP contribution in [0.2, 0.25) is 0 Å².